The molecule has 3 heteroatoms. The Balaban J connectivity index is 1.72. The van der Waals surface area contributed by atoms with Crippen molar-refractivity contribution >= 4 is 16.7 Å². The third-order valence-electron chi connectivity index (χ3n) is 4.24. The molecule has 1 aromatic heterocycles. The van der Waals surface area contributed by atoms with Crippen LogP contribution in [0.15, 0.2) is 36.4 Å². The molecule has 1 N–H and O–H groups in total. The molecule has 0 saturated carbocycles. The Morgan fingerprint density at radius 2 is 2.10 bits per heavy atom. The van der Waals surface area contributed by atoms with Gasteiger partial charge in [0.25, 0.3) is 0 Å². The summed E-state index contributed by atoms with van der Waals surface area (Å²) in [5.41, 5.74) is 1.09. The molecule has 112 valence electrons. The van der Waals surface area contributed by atoms with Gasteiger partial charge in [-0.2, -0.15) is 0 Å². The van der Waals surface area contributed by atoms with E-state index in [9.17, 15) is 0 Å². The highest BCUT2D eigenvalue weighted by atomic mass is 15.2. The third kappa shape index (κ3) is 3.53. The molecule has 0 spiro atoms. The van der Waals surface area contributed by atoms with Crippen molar-refractivity contribution in [2.24, 2.45) is 5.92 Å². The number of hydrogen-bond acceptors (Lipinski definition) is 3. The van der Waals surface area contributed by atoms with Crippen molar-refractivity contribution in [2.75, 3.05) is 24.5 Å². The summed E-state index contributed by atoms with van der Waals surface area (Å²) >= 11 is 0. The summed E-state index contributed by atoms with van der Waals surface area (Å²) in [6, 6.07) is 13.3. The Labute approximate surface area is 127 Å². The highest BCUT2D eigenvalue weighted by molar-refractivity contribution is 5.80. The number of fused-ring (bicyclic) bond motifs is 1. The Bertz CT molecular complexity index is 594. The van der Waals surface area contributed by atoms with E-state index in [1.54, 1.807) is 0 Å². The number of para-hydroxylation sites is 1. The number of nitrogens with one attached hydrogen (secondary N) is 1. The molecular formula is C18H25N3. The molecule has 0 bridgehead atoms. The molecule has 1 aliphatic heterocycles. The van der Waals surface area contributed by atoms with Crippen LogP contribution < -0.4 is 10.2 Å². The lowest BCUT2D eigenvalue weighted by Crippen LogP contribution is -2.41. The second-order valence-electron chi connectivity index (χ2n) is 6.38. The largest absolute Gasteiger partial charge is 0.356 e. The number of anilines is 1. The van der Waals surface area contributed by atoms with Gasteiger partial charge in [-0.15, -0.1) is 0 Å². The molecule has 0 amide bonds. The molecule has 2 aromatic rings. The SMILES string of the molecule is CC(C)NCC1CCCN(c2ccc3ccccc3n2)C1. The first-order valence-corrected chi connectivity index (χ1v) is 8.06. The van der Waals surface area contributed by atoms with E-state index >= 15 is 0 Å². The number of pyridine rings is 1. The predicted octanol–water partition coefficient (Wildman–Crippen LogP) is 3.45. The van der Waals surface area contributed by atoms with Gasteiger partial charge in [0.2, 0.25) is 0 Å². The molecule has 0 radical (unpaired) electrons. The van der Waals surface area contributed by atoms with E-state index in [0.717, 1.165) is 36.9 Å². The van der Waals surface area contributed by atoms with E-state index in [2.05, 4.69) is 60.5 Å². The van der Waals surface area contributed by atoms with E-state index in [4.69, 9.17) is 4.98 Å². The molecule has 0 aliphatic carbocycles. The zero-order valence-corrected chi connectivity index (χ0v) is 13.0. The molecule has 1 fully saturated rings. The van der Waals surface area contributed by atoms with Crippen LogP contribution in [-0.2, 0) is 0 Å². The number of rotatable bonds is 4. The van der Waals surface area contributed by atoms with E-state index < -0.39 is 0 Å². The van der Waals surface area contributed by atoms with Crippen LogP contribution in [0.3, 0.4) is 0 Å². The lowest BCUT2D eigenvalue weighted by molar-refractivity contribution is 0.378. The fourth-order valence-corrected chi connectivity index (χ4v) is 3.07. The highest BCUT2D eigenvalue weighted by Crippen LogP contribution is 2.23. The zero-order valence-electron chi connectivity index (χ0n) is 13.0. The summed E-state index contributed by atoms with van der Waals surface area (Å²) in [4.78, 5) is 7.28. The molecule has 3 rings (SSSR count). The number of aromatic nitrogens is 1. The standard InChI is InChI=1S/C18H25N3/c1-14(2)19-12-15-6-5-11-21(13-15)18-10-9-16-7-3-4-8-17(16)20-18/h3-4,7-10,14-15,19H,5-6,11-13H2,1-2H3. The molecule has 1 saturated heterocycles. The smallest absolute Gasteiger partial charge is 0.129 e. The van der Waals surface area contributed by atoms with Gasteiger partial charge >= 0.3 is 0 Å². The maximum Gasteiger partial charge on any atom is 0.129 e. The molecular weight excluding hydrogens is 258 g/mol. The van der Waals surface area contributed by atoms with E-state index in [1.165, 1.54) is 18.2 Å². The number of benzene rings is 1. The first-order valence-electron chi connectivity index (χ1n) is 8.06. The van der Waals surface area contributed by atoms with Gasteiger partial charge in [-0.25, -0.2) is 4.98 Å². The monoisotopic (exact) mass is 283 g/mol. The van der Waals surface area contributed by atoms with Crippen LogP contribution in [0.2, 0.25) is 0 Å². The average molecular weight is 283 g/mol. The summed E-state index contributed by atoms with van der Waals surface area (Å²) < 4.78 is 0. The van der Waals surface area contributed by atoms with Crippen LogP contribution in [0.25, 0.3) is 10.9 Å². The second-order valence-corrected chi connectivity index (χ2v) is 6.38. The second kappa shape index (κ2) is 6.44. The number of piperidine rings is 1. The quantitative estimate of drug-likeness (QED) is 0.931. The van der Waals surface area contributed by atoms with Crippen molar-refractivity contribution in [1.82, 2.24) is 10.3 Å². The fourth-order valence-electron chi connectivity index (χ4n) is 3.07. The van der Waals surface area contributed by atoms with Gasteiger partial charge in [-0.3, -0.25) is 0 Å². The predicted molar refractivity (Wildman–Crippen MR) is 89.8 cm³/mol. The normalized spacial score (nSPS) is 19.4. The maximum absolute atomic E-state index is 4.83. The minimum atomic E-state index is 0.569. The van der Waals surface area contributed by atoms with Gasteiger partial charge in [0.15, 0.2) is 0 Å². The van der Waals surface area contributed by atoms with Crippen LogP contribution in [0.5, 0.6) is 0 Å². The van der Waals surface area contributed by atoms with Gasteiger partial charge < -0.3 is 10.2 Å². The van der Waals surface area contributed by atoms with Gasteiger partial charge in [-0.05, 0) is 43.5 Å². The number of hydrogen-bond donors (Lipinski definition) is 1. The van der Waals surface area contributed by atoms with Gasteiger partial charge in [0.05, 0.1) is 5.52 Å². The van der Waals surface area contributed by atoms with Crippen LogP contribution in [0, 0.1) is 5.92 Å². The summed E-state index contributed by atoms with van der Waals surface area (Å²) in [7, 11) is 0. The van der Waals surface area contributed by atoms with E-state index in [-0.39, 0.29) is 0 Å². The topological polar surface area (TPSA) is 28.2 Å². The lowest BCUT2D eigenvalue weighted by Gasteiger charge is -2.34. The minimum absolute atomic E-state index is 0.569. The van der Waals surface area contributed by atoms with Gasteiger partial charge in [0, 0.05) is 24.5 Å². The molecule has 1 atom stereocenters. The van der Waals surface area contributed by atoms with Crippen molar-refractivity contribution in [3.8, 4) is 0 Å². The Morgan fingerprint density at radius 3 is 2.95 bits per heavy atom. The Kier molecular flexibility index (Phi) is 4.39. The zero-order chi connectivity index (χ0) is 14.7. The van der Waals surface area contributed by atoms with Crippen LogP contribution in [-0.4, -0.2) is 30.7 Å². The van der Waals surface area contributed by atoms with Gasteiger partial charge in [0.1, 0.15) is 5.82 Å². The lowest BCUT2D eigenvalue weighted by atomic mass is 9.97. The molecule has 2 heterocycles. The molecule has 3 nitrogen and oxygen atoms in total. The van der Waals surface area contributed by atoms with Crippen molar-refractivity contribution in [1.29, 1.82) is 0 Å². The Hall–Kier alpha value is -1.61. The van der Waals surface area contributed by atoms with Gasteiger partial charge in [-0.1, -0.05) is 32.0 Å². The Morgan fingerprint density at radius 1 is 1.24 bits per heavy atom. The van der Waals surface area contributed by atoms with Crippen LogP contribution in [0.4, 0.5) is 5.82 Å². The molecule has 1 unspecified atom stereocenters. The summed E-state index contributed by atoms with van der Waals surface area (Å²) in [5.74, 6) is 1.86. The molecule has 1 aromatic carbocycles. The van der Waals surface area contributed by atoms with E-state index in [0.29, 0.717) is 6.04 Å². The summed E-state index contributed by atoms with van der Waals surface area (Å²) in [5, 5.41) is 4.79. The highest BCUT2D eigenvalue weighted by Gasteiger charge is 2.21. The first-order chi connectivity index (χ1) is 10.2. The van der Waals surface area contributed by atoms with Crippen molar-refractivity contribution < 1.29 is 0 Å². The molecule has 1 aliphatic rings. The van der Waals surface area contributed by atoms with Crippen LogP contribution >= 0.6 is 0 Å². The summed E-state index contributed by atoms with van der Waals surface area (Å²) in [6.45, 7) is 7.79. The van der Waals surface area contributed by atoms with E-state index in [1.807, 2.05) is 0 Å². The van der Waals surface area contributed by atoms with Crippen molar-refractivity contribution in [3.63, 3.8) is 0 Å². The fraction of sp³-hybridized carbons (Fsp3) is 0.500. The van der Waals surface area contributed by atoms with Crippen molar-refractivity contribution in [3.05, 3.63) is 36.4 Å². The summed E-state index contributed by atoms with van der Waals surface area (Å²) in [6.07, 6.45) is 2.59. The third-order valence-corrected chi connectivity index (χ3v) is 4.24. The molecule has 21 heavy (non-hydrogen) atoms. The minimum Gasteiger partial charge on any atom is -0.356 e. The average Bonchev–Trinajstić information content (AvgIpc) is 2.53. The first kappa shape index (κ1) is 14.3. The van der Waals surface area contributed by atoms with Crippen LogP contribution in [0.1, 0.15) is 26.7 Å². The number of nitrogens with zero attached hydrogens (tertiary/aromatic N) is 2. The van der Waals surface area contributed by atoms with Crippen molar-refractivity contribution in [2.45, 2.75) is 32.7 Å². The maximum atomic E-state index is 4.83.